The average molecular weight is 392 g/mol. The highest BCUT2D eigenvalue weighted by molar-refractivity contribution is 7.09. The van der Waals surface area contributed by atoms with Crippen LogP contribution in [0.1, 0.15) is 23.3 Å². The first-order chi connectivity index (χ1) is 12.6. The van der Waals surface area contributed by atoms with Crippen LogP contribution < -0.4 is 10.6 Å². The molecule has 0 saturated carbocycles. The summed E-state index contributed by atoms with van der Waals surface area (Å²) in [6, 6.07) is 11.3. The molecule has 1 aromatic carbocycles. The summed E-state index contributed by atoms with van der Waals surface area (Å²) in [5.41, 5.74) is 0.892. The monoisotopic (exact) mass is 391 g/mol. The lowest BCUT2D eigenvalue weighted by molar-refractivity contribution is -0.126. The van der Waals surface area contributed by atoms with Crippen LogP contribution in [0.4, 0.5) is 4.79 Å². The molecule has 1 saturated heterocycles. The molecule has 0 aliphatic carbocycles. The van der Waals surface area contributed by atoms with Gasteiger partial charge in [-0.25, -0.2) is 4.79 Å². The first-order valence-electron chi connectivity index (χ1n) is 8.70. The lowest BCUT2D eigenvalue weighted by atomic mass is 9.97. The fourth-order valence-corrected chi connectivity index (χ4v) is 3.88. The molecular weight excluding hydrogens is 370 g/mol. The average Bonchev–Trinajstić information content (AvgIpc) is 3.19. The number of benzene rings is 1. The normalized spacial score (nSPS) is 17.0. The van der Waals surface area contributed by atoms with Crippen molar-refractivity contribution in [2.24, 2.45) is 5.92 Å². The summed E-state index contributed by atoms with van der Waals surface area (Å²) in [4.78, 5) is 27.7. The highest BCUT2D eigenvalue weighted by Gasteiger charge is 2.28. The minimum atomic E-state index is -0.182. The van der Waals surface area contributed by atoms with Gasteiger partial charge in [0, 0.05) is 29.5 Å². The maximum Gasteiger partial charge on any atom is 0.317 e. The van der Waals surface area contributed by atoms with Crippen LogP contribution in [-0.2, 0) is 17.9 Å². The van der Waals surface area contributed by atoms with E-state index < -0.39 is 0 Å². The Morgan fingerprint density at radius 1 is 1.15 bits per heavy atom. The van der Waals surface area contributed by atoms with Gasteiger partial charge in [0.1, 0.15) is 0 Å². The van der Waals surface area contributed by atoms with Crippen molar-refractivity contribution in [1.29, 1.82) is 0 Å². The predicted molar refractivity (Wildman–Crippen MR) is 104 cm³/mol. The van der Waals surface area contributed by atoms with Gasteiger partial charge >= 0.3 is 6.03 Å². The van der Waals surface area contributed by atoms with Crippen LogP contribution in [0.3, 0.4) is 0 Å². The van der Waals surface area contributed by atoms with Crippen LogP contribution in [0.25, 0.3) is 0 Å². The zero-order valence-electron chi connectivity index (χ0n) is 14.4. The third-order valence-corrected chi connectivity index (χ3v) is 5.73. The maximum atomic E-state index is 12.5. The van der Waals surface area contributed by atoms with Crippen molar-refractivity contribution < 1.29 is 9.59 Å². The first kappa shape index (κ1) is 18.7. The van der Waals surface area contributed by atoms with Gasteiger partial charge in [0.05, 0.1) is 12.5 Å². The fraction of sp³-hybridized carbons (Fsp3) is 0.368. The molecule has 0 spiro atoms. The van der Waals surface area contributed by atoms with E-state index in [0.717, 1.165) is 23.3 Å². The molecule has 1 aliphatic rings. The van der Waals surface area contributed by atoms with E-state index in [4.69, 9.17) is 11.6 Å². The van der Waals surface area contributed by atoms with Crippen molar-refractivity contribution in [2.45, 2.75) is 25.9 Å². The van der Waals surface area contributed by atoms with E-state index in [-0.39, 0.29) is 17.9 Å². The summed E-state index contributed by atoms with van der Waals surface area (Å²) in [6.45, 7) is 2.06. The van der Waals surface area contributed by atoms with E-state index in [0.29, 0.717) is 31.2 Å². The van der Waals surface area contributed by atoms with E-state index in [1.807, 2.05) is 41.8 Å². The second kappa shape index (κ2) is 9.05. The van der Waals surface area contributed by atoms with Gasteiger partial charge in [-0.3, -0.25) is 4.79 Å². The largest absolute Gasteiger partial charge is 0.352 e. The molecule has 1 unspecified atom stereocenters. The van der Waals surface area contributed by atoms with Crippen LogP contribution >= 0.6 is 22.9 Å². The molecule has 1 aliphatic heterocycles. The SMILES string of the molecule is O=C(NCc1ccccc1Cl)C1CCCN(C(=O)NCc2cccs2)C1. The Labute approximate surface area is 162 Å². The quantitative estimate of drug-likeness (QED) is 0.817. The number of halogens is 1. The van der Waals surface area contributed by atoms with Gasteiger partial charge in [-0.05, 0) is 35.9 Å². The minimum absolute atomic E-state index is 0.0272. The lowest BCUT2D eigenvalue weighted by Gasteiger charge is -2.32. The molecule has 26 heavy (non-hydrogen) atoms. The number of hydrogen-bond acceptors (Lipinski definition) is 3. The van der Waals surface area contributed by atoms with Crippen LogP contribution in [0.2, 0.25) is 5.02 Å². The van der Waals surface area contributed by atoms with Crippen LogP contribution in [0.15, 0.2) is 41.8 Å². The number of piperidine rings is 1. The third kappa shape index (κ3) is 4.99. The zero-order chi connectivity index (χ0) is 18.4. The second-order valence-corrected chi connectivity index (χ2v) is 7.77. The summed E-state index contributed by atoms with van der Waals surface area (Å²) >= 11 is 7.74. The lowest BCUT2D eigenvalue weighted by Crippen LogP contribution is -2.48. The molecule has 138 valence electrons. The van der Waals surface area contributed by atoms with Crippen molar-refractivity contribution in [3.63, 3.8) is 0 Å². The molecular formula is C19H22ClN3O2S. The summed E-state index contributed by atoms with van der Waals surface area (Å²) < 4.78 is 0. The number of likely N-dealkylation sites (tertiary alicyclic amines) is 1. The van der Waals surface area contributed by atoms with E-state index in [1.54, 1.807) is 16.2 Å². The number of hydrogen-bond donors (Lipinski definition) is 2. The number of nitrogens with one attached hydrogen (secondary N) is 2. The Hall–Kier alpha value is -2.05. The summed E-state index contributed by atoms with van der Waals surface area (Å²) in [5, 5.41) is 8.50. The van der Waals surface area contributed by atoms with E-state index in [2.05, 4.69) is 10.6 Å². The van der Waals surface area contributed by atoms with Crippen molar-refractivity contribution in [1.82, 2.24) is 15.5 Å². The topological polar surface area (TPSA) is 61.4 Å². The van der Waals surface area contributed by atoms with Crippen molar-refractivity contribution in [3.05, 3.63) is 57.2 Å². The molecule has 2 N–H and O–H groups in total. The molecule has 5 nitrogen and oxygen atoms in total. The van der Waals surface area contributed by atoms with Crippen molar-refractivity contribution in [3.8, 4) is 0 Å². The van der Waals surface area contributed by atoms with E-state index >= 15 is 0 Å². The van der Waals surface area contributed by atoms with Gasteiger partial charge < -0.3 is 15.5 Å². The highest BCUT2D eigenvalue weighted by Crippen LogP contribution is 2.18. The van der Waals surface area contributed by atoms with Gasteiger partial charge in [-0.2, -0.15) is 0 Å². The molecule has 0 radical (unpaired) electrons. The Morgan fingerprint density at radius 3 is 2.77 bits per heavy atom. The highest BCUT2D eigenvalue weighted by atomic mass is 35.5. The van der Waals surface area contributed by atoms with Gasteiger partial charge in [-0.15, -0.1) is 11.3 Å². The Balaban J connectivity index is 1.48. The molecule has 3 rings (SSSR count). The molecule has 2 heterocycles. The van der Waals surface area contributed by atoms with Crippen molar-refractivity contribution in [2.75, 3.05) is 13.1 Å². The number of nitrogens with zero attached hydrogens (tertiary/aromatic N) is 1. The van der Waals surface area contributed by atoms with Gasteiger partial charge in [0.25, 0.3) is 0 Å². The van der Waals surface area contributed by atoms with Gasteiger partial charge in [0.2, 0.25) is 5.91 Å². The Bertz CT molecular complexity index is 751. The number of thiophene rings is 1. The van der Waals surface area contributed by atoms with E-state index in [1.165, 1.54) is 0 Å². The molecule has 0 bridgehead atoms. The standard InChI is InChI=1S/C19H22ClN3O2S/c20-17-8-2-1-5-14(17)11-21-18(24)15-6-3-9-23(13-15)19(25)22-12-16-7-4-10-26-16/h1-2,4-5,7-8,10,15H,3,6,9,11-13H2,(H,21,24)(H,22,25). The zero-order valence-corrected chi connectivity index (χ0v) is 16.0. The Morgan fingerprint density at radius 2 is 2.00 bits per heavy atom. The molecule has 1 atom stereocenters. The first-order valence-corrected chi connectivity index (χ1v) is 9.95. The molecule has 1 aromatic heterocycles. The number of carbonyl (C=O) groups excluding carboxylic acids is 2. The molecule has 7 heteroatoms. The van der Waals surface area contributed by atoms with Crippen molar-refractivity contribution >= 4 is 34.9 Å². The van der Waals surface area contributed by atoms with Crippen LogP contribution in [0, 0.1) is 5.92 Å². The summed E-state index contributed by atoms with van der Waals surface area (Å²) in [6.07, 6.45) is 1.62. The fourth-order valence-electron chi connectivity index (χ4n) is 3.03. The predicted octanol–water partition coefficient (Wildman–Crippen LogP) is 3.64. The summed E-state index contributed by atoms with van der Waals surface area (Å²) in [5.74, 6) is -0.209. The number of carbonyl (C=O) groups is 2. The number of rotatable bonds is 5. The van der Waals surface area contributed by atoms with Gasteiger partial charge in [-0.1, -0.05) is 35.9 Å². The summed E-state index contributed by atoms with van der Waals surface area (Å²) in [7, 11) is 0. The number of amides is 3. The third-order valence-electron chi connectivity index (χ3n) is 4.48. The minimum Gasteiger partial charge on any atom is -0.352 e. The maximum absolute atomic E-state index is 12.5. The Kier molecular flexibility index (Phi) is 6.52. The van der Waals surface area contributed by atoms with Crippen LogP contribution in [-0.4, -0.2) is 29.9 Å². The second-order valence-electron chi connectivity index (χ2n) is 6.33. The van der Waals surface area contributed by atoms with E-state index in [9.17, 15) is 9.59 Å². The van der Waals surface area contributed by atoms with Crippen LogP contribution in [0.5, 0.6) is 0 Å². The van der Waals surface area contributed by atoms with Gasteiger partial charge in [0.15, 0.2) is 0 Å². The molecule has 2 aromatic rings. The molecule has 1 fully saturated rings. The number of urea groups is 1. The molecule has 3 amide bonds. The smallest absolute Gasteiger partial charge is 0.317 e.